The molecule has 3 nitrogen and oxygen atoms in total. The predicted molar refractivity (Wildman–Crippen MR) is 84.2 cm³/mol. The Morgan fingerprint density at radius 2 is 1.80 bits per heavy atom. The molecule has 0 aromatic heterocycles. The normalized spacial score (nSPS) is 12.6. The molecule has 0 aliphatic heterocycles. The van der Waals surface area contributed by atoms with E-state index in [4.69, 9.17) is 9.47 Å². The molecule has 1 aromatic carbocycles. The van der Waals surface area contributed by atoms with Crippen LogP contribution >= 0.6 is 0 Å². The molecule has 1 unspecified atom stereocenters. The van der Waals surface area contributed by atoms with Gasteiger partial charge < -0.3 is 14.8 Å². The van der Waals surface area contributed by atoms with Crippen molar-refractivity contribution in [1.82, 2.24) is 5.32 Å². The zero-order valence-corrected chi connectivity index (χ0v) is 13.2. The van der Waals surface area contributed by atoms with Crippen molar-refractivity contribution in [3.8, 4) is 0 Å². The fourth-order valence-electron chi connectivity index (χ4n) is 2.05. The molecule has 0 saturated carbocycles. The second-order valence-corrected chi connectivity index (χ2v) is 5.08. The summed E-state index contributed by atoms with van der Waals surface area (Å²) in [4.78, 5) is 0. The van der Waals surface area contributed by atoms with Crippen LogP contribution < -0.4 is 5.32 Å². The molecular formula is C17H29NO2. The van der Waals surface area contributed by atoms with Crippen LogP contribution in [0, 0.1) is 0 Å². The number of benzene rings is 1. The van der Waals surface area contributed by atoms with E-state index in [1.807, 2.05) is 0 Å². The summed E-state index contributed by atoms with van der Waals surface area (Å²) in [5.41, 5.74) is 2.76. The maximum absolute atomic E-state index is 5.44. The zero-order chi connectivity index (χ0) is 14.6. The number of rotatable bonds is 11. The third-order valence-corrected chi connectivity index (χ3v) is 3.49. The standard InChI is InChI=1S/C17H29NO2/c1-4-16-7-9-17(10-8-16)15(2)18-11-5-6-12-20-14-13-19-3/h7-10,15,18H,4-6,11-14H2,1-3H3. The minimum Gasteiger partial charge on any atom is -0.382 e. The van der Waals surface area contributed by atoms with Crippen molar-refractivity contribution < 1.29 is 9.47 Å². The van der Waals surface area contributed by atoms with Gasteiger partial charge in [-0.25, -0.2) is 0 Å². The lowest BCUT2D eigenvalue weighted by molar-refractivity contribution is 0.0687. The van der Waals surface area contributed by atoms with E-state index in [0.717, 1.165) is 32.4 Å². The van der Waals surface area contributed by atoms with Gasteiger partial charge in [0.1, 0.15) is 0 Å². The first kappa shape index (κ1) is 17.2. The summed E-state index contributed by atoms with van der Waals surface area (Å²) in [6.45, 7) is 7.64. The molecule has 0 fully saturated rings. The number of ether oxygens (including phenoxy) is 2. The van der Waals surface area contributed by atoms with Crippen molar-refractivity contribution in [2.75, 3.05) is 33.5 Å². The molecule has 20 heavy (non-hydrogen) atoms. The summed E-state index contributed by atoms with van der Waals surface area (Å²) < 4.78 is 10.4. The molecule has 1 aromatic rings. The monoisotopic (exact) mass is 279 g/mol. The Labute approximate surface area is 123 Å². The van der Waals surface area contributed by atoms with Crippen LogP contribution in [-0.2, 0) is 15.9 Å². The number of methoxy groups -OCH3 is 1. The average Bonchev–Trinajstić information content (AvgIpc) is 2.50. The van der Waals surface area contributed by atoms with Gasteiger partial charge >= 0.3 is 0 Å². The van der Waals surface area contributed by atoms with Crippen LogP contribution in [-0.4, -0.2) is 33.5 Å². The molecule has 0 aliphatic rings. The molecule has 0 heterocycles. The number of nitrogens with one attached hydrogen (secondary N) is 1. The number of hydrogen-bond acceptors (Lipinski definition) is 3. The van der Waals surface area contributed by atoms with Gasteiger partial charge in [-0.2, -0.15) is 0 Å². The molecule has 0 saturated heterocycles. The Bertz CT molecular complexity index is 337. The van der Waals surface area contributed by atoms with E-state index in [9.17, 15) is 0 Å². The summed E-state index contributed by atoms with van der Waals surface area (Å²) in [6.07, 6.45) is 3.34. The first-order valence-electron chi connectivity index (χ1n) is 7.66. The Morgan fingerprint density at radius 1 is 1.05 bits per heavy atom. The Kier molecular flexibility index (Phi) is 9.29. The molecule has 3 heteroatoms. The summed E-state index contributed by atoms with van der Waals surface area (Å²) >= 11 is 0. The first-order chi connectivity index (χ1) is 9.77. The average molecular weight is 279 g/mol. The second kappa shape index (κ2) is 10.8. The second-order valence-electron chi connectivity index (χ2n) is 5.08. The van der Waals surface area contributed by atoms with E-state index in [1.54, 1.807) is 7.11 Å². The van der Waals surface area contributed by atoms with Crippen LogP contribution in [0.1, 0.15) is 43.9 Å². The van der Waals surface area contributed by atoms with Gasteiger partial charge in [0.15, 0.2) is 0 Å². The molecule has 0 bridgehead atoms. The number of aryl methyl sites for hydroxylation is 1. The molecule has 0 amide bonds. The predicted octanol–water partition coefficient (Wildman–Crippen LogP) is 3.34. The maximum atomic E-state index is 5.44. The van der Waals surface area contributed by atoms with Gasteiger partial charge in [-0.1, -0.05) is 31.2 Å². The Hall–Kier alpha value is -0.900. The third kappa shape index (κ3) is 7.04. The highest BCUT2D eigenvalue weighted by atomic mass is 16.5. The van der Waals surface area contributed by atoms with Gasteiger partial charge in [-0.05, 0) is 43.9 Å². The van der Waals surface area contributed by atoms with Gasteiger partial charge in [0.25, 0.3) is 0 Å². The van der Waals surface area contributed by atoms with Crippen LogP contribution in [0.3, 0.4) is 0 Å². The highest BCUT2D eigenvalue weighted by molar-refractivity contribution is 5.24. The molecule has 0 radical (unpaired) electrons. The fraction of sp³-hybridized carbons (Fsp3) is 0.647. The smallest absolute Gasteiger partial charge is 0.0700 e. The van der Waals surface area contributed by atoms with Crippen LogP contribution in [0.4, 0.5) is 0 Å². The summed E-state index contributed by atoms with van der Waals surface area (Å²) in [6, 6.07) is 9.30. The number of hydrogen-bond donors (Lipinski definition) is 1. The molecule has 0 aliphatic carbocycles. The maximum Gasteiger partial charge on any atom is 0.0700 e. The number of unbranched alkanes of at least 4 members (excludes halogenated alkanes) is 1. The molecule has 1 N–H and O–H groups in total. The summed E-state index contributed by atoms with van der Waals surface area (Å²) in [5, 5.41) is 3.56. The molecular weight excluding hydrogens is 250 g/mol. The molecule has 0 spiro atoms. The largest absolute Gasteiger partial charge is 0.382 e. The Morgan fingerprint density at radius 3 is 2.45 bits per heavy atom. The van der Waals surface area contributed by atoms with Crippen LogP contribution in [0.2, 0.25) is 0 Å². The van der Waals surface area contributed by atoms with Crippen molar-refractivity contribution in [3.63, 3.8) is 0 Å². The molecule has 114 valence electrons. The van der Waals surface area contributed by atoms with Gasteiger partial charge in [-0.15, -0.1) is 0 Å². The van der Waals surface area contributed by atoms with Crippen molar-refractivity contribution in [1.29, 1.82) is 0 Å². The lowest BCUT2D eigenvalue weighted by Crippen LogP contribution is -2.20. The van der Waals surface area contributed by atoms with Gasteiger partial charge in [0, 0.05) is 19.8 Å². The van der Waals surface area contributed by atoms with E-state index >= 15 is 0 Å². The van der Waals surface area contributed by atoms with Crippen LogP contribution in [0.15, 0.2) is 24.3 Å². The Balaban J connectivity index is 2.08. The van der Waals surface area contributed by atoms with E-state index in [2.05, 4.69) is 43.4 Å². The van der Waals surface area contributed by atoms with Crippen molar-refractivity contribution >= 4 is 0 Å². The molecule has 1 rings (SSSR count). The van der Waals surface area contributed by atoms with Crippen LogP contribution in [0.5, 0.6) is 0 Å². The van der Waals surface area contributed by atoms with Gasteiger partial charge in [0.05, 0.1) is 13.2 Å². The summed E-state index contributed by atoms with van der Waals surface area (Å²) in [5.74, 6) is 0. The first-order valence-corrected chi connectivity index (χ1v) is 7.66. The van der Waals surface area contributed by atoms with E-state index in [1.165, 1.54) is 11.1 Å². The lowest BCUT2D eigenvalue weighted by atomic mass is 10.0. The van der Waals surface area contributed by atoms with E-state index in [-0.39, 0.29) is 0 Å². The quantitative estimate of drug-likeness (QED) is 0.630. The zero-order valence-electron chi connectivity index (χ0n) is 13.2. The highest BCUT2D eigenvalue weighted by Gasteiger charge is 2.03. The minimum absolute atomic E-state index is 0.412. The fourth-order valence-corrected chi connectivity index (χ4v) is 2.05. The van der Waals surface area contributed by atoms with E-state index in [0.29, 0.717) is 19.3 Å². The molecule has 1 atom stereocenters. The van der Waals surface area contributed by atoms with Crippen molar-refractivity contribution in [3.05, 3.63) is 35.4 Å². The van der Waals surface area contributed by atoms with Crippen molar-refractivity contribution in [2.24, 2.45) is 0 Å². The SMILES string of the molecule is CCc1ccc(C(C)NCCCCOCCOC)cc1. The van der Waals surface area contributed by atoms with Crippen molar-refractivity contribution in [2.45, 2.75) is 39.2 Å². The summed E-state index contributed by atoms with van der Waals surface area (Å²) in [7, 11) is 1.70. The lowest BCUT2D eigenvalue weighted by Gasteiger charge is -2.14. The van der Waals surface area contributed by atoms with Crippen LogP contribution in [0.25, 0.3) is 0 Å². The minimum atomic E-state index is 0.412. The third-order valence-electron chi connectivity index (χ3n) is 3.49. The van der Waals surface area contributed by atoms with Gasteiger partial charge in [0.2, 0.25) is 0 Å². The van der Waals surface area contributed by atoms with E-state index < -0.39 is 0 Å². The topological polar surface area (TPSA) is 30.5 Å². The van der Waals surface area contributed by atoms with Gasteiger partial charge in [-0.3, -0.25) is 0 Å². The highest BCUT2D eigenvalue weighted by Crippen LogP contribution is 2.13.